The molecular weight excluding hydrogens is 1050 g/mol. The Hall–Kier alpha value is -11.2. The fourth-order valence-corrected chi connectivity index (χ4v) is 12.4. The molecule has 14 aromatic rings. The molecule has 8 heteroatoms. The van der Waals surface area contributed by atoms with Gasteiger partial charge in [-0.3, -0.25) is 0 Å². The van der Waals surface area contributed by atoms with Crippen molar-refractivity contribution >= 4 is 147 Å². The summed E-state index contributed by atoms with van der Waals surface area (Å²) < 4.78 is 365. The van der Waals surface area contributed by atoms with Crippen molar-refractivity contribution in [2.24, 2.45) is 0 Å². The second-order valence-corrected chi connectivity index (χ2v) is 19.9. The molecule has 0 radical (unpaired) electrons. The second-order valence-electron chi connectivity index (χ2n) is 19.9. The maximum atomic E-state index is 10.0. The van der Waals surface area contributed by atoms with E-state index in [0.29, 0.717) is 21.5 Å². The van der Waals surface area contributed by atoms with E-state index in [2.05, 4.69) is 0 Å². The summed E-state index contributed by atoms with van der Waals surface area (Å²) in [5, 5.41) is 2.06. The number of hydrogen-bond acceptors (Lipinski definition) is 6. The fraction of sp³-hybridized carbons (Fsp3) is 0. The molecule has 18 rings (SSSR count). The van der Waals surface area contributed by atoms with Crippen LogP contribution in [0.25, 0.3) is 32.3 Å². The van der Waals surface area contributed by atoms with E-state index in [-0.39, 0.29) is 77.9 Å². The van der Waals surface area contributed by atoms with Gasteiger partial charge in [0, 0.05) is 69.0 Å². The number of ether oxygens (including phenoxy) is 2. The molecule has 0 saturated carbocycles. The third kappa shape index (κ3) is 7.36. The number of fused-ring (bicyclic) bond motifs is 14. The van der Waals surface area contributed by atoms with E-state index in [1.807, 2.05) is 0 Å². The van der Waals surface area contributed by atoms with Crippen LogP contribution in [0, 0.1) is 0 Å². The predicted molar refractivity (Wildman–Crippen MR) is 360 cm³/mol. The van der Waals surface area contributed by atoms with Crippen molar-refractivity contribution in [1.29, 1.82) is 0 Å². The lowest BCUT2D eigenvalue weighted by Gasteiger charge is -2.41. The molecule has 0 spiro atoms. The Balaban J connectivity index is 0.970. The highest BCUT2D eigenvalue weighted by atomic mass is 16.5. The van der Waals surface area contributed by atoms with Crippen LogP contribution in [-0.2, 0) is 0 Å². The van der Waals surface area contributed by atoms with E-state index in [4.69, 9.17) is 34.1 Å². The van der Waals surface area contributed by atoms with E-state index in [0.717, 1.165) is 31.7 Å². The molecular formula is C78H50B2N4O2. The summed E-state index contributed by atoms with van der Waals surface area (Å²) in [6, 6.07) is -17.2. The molecule has 0 unspecified atom stereocenters. The Morgan fingerprint density at radius 1 is 0.279 bits per heavy atom. The van der Waals surface area contributed by atoms with E-state index in [1.165, 1.54) is 24.3 Å². The van der Waals surface area contributed by atoms with Crippen LogP contribution in [0.4, 0.5) is 68.2 Å². The zero-order valence-electron chi connectivity index (χ0n) is 81.7. The molecule has 0 aromatic heterocycles. The van der Waals surface area contributed by atoms with Crippen molar-refractivity contribution in [3.05, 3.63) is 302 Å². The average Bonchev–Trinajstić information content (AvgIpc) is 0.684. The highest BCUT2D eigenvalue weighted by Crippen LogP contribution is 2.50. The van der Waals surface area contributed by atoms with Crippen LogP contribution in [0.2, 0.25) is 0 Å². The van der Waals surface area contributed by atoms with E-state index in [1.54, 1.807) is 36.4 Å². The Bertz CT molecular complexity index is 6700. The van der Waals surface area contributed by atoms with Gasteiger partial charge >= 0.3 is 0 Å². The summed E-state index contributed by atoms with van der Waals surface area (Å²) in [6.45, 7) is -3.04. The first-order chi connectivity index (χ1) is 58.4. The Morgan fingerprint density at radius 3 is 0.977 bits per heavy atom. The van der Waals surface area contributed by atoms with Crippen LogP contribution >= 0.6 is 0 Å². The molecule has 4 aliphatic rings. The van der Waals surface area contributed by atoms with E-state index in [9.17, 15) is 27.4 Å². The lowest BCUT2D eigenvalue weighted by Crippen LogP contribution is -2.59. The van der Waals surface area contributed by atoms with Crippen LogP contribution < -0.4 is 61.9 Å². The quantitative estimate of drug-likeness (QED) is 0.111. The molecule has 0 N–H and O–H groups in total. The van der Waals surface area contributed by atoms with Crippen LogP contribution in [0.3, 0.4) is 0 Å². The summed E-state index contributed by atoms with van der Waals surface area (Å²) in [5.41, 5.74) is -7.99. The van der Waals surface area contributed by atoms with Gasteiger partial charge in [0.1, 0.15) is 23.0 Å². The first-order valence-electron chi connectivity index (χ1n) is 45.4. The Morgan fingerprint density at radius 2 is 0.605 bits per heavy atom. The molecule has 0 saturated heterocycles. The first kappa shape index (κ1) is 24.2. The summed E-state index contributed by atoms with van der Waals surface area (Å²) in [5.74, 6) is -1.03. The third-order valence-corrected chi connectivity index (χ3v) is 15.6. The summed E-state index contributed by atoms with van der Waals surface area (Å²) >= 11 is 0. The van der Waals surface area contributed by atoms with Gasteiger partial charge in [-0.05, 0) is 174 Å². The van der Waals surface area contributed by atoms with Gasteiger partial charge in [0.05, 0.1) is 63.5 Å². The zero-order valence-corrected chi connectivity index (χ0v) is 43.7. The number of hydrogen-bond donors (Lipinski definition) is 0. The summed E-state index contributed by atoms with van der Waals surface area (Å²) in [6.07, 6.45) is 0. The highest BCUT2D eigenvalue weighted by Gasteiger charge is 2.45. The normalized spacial score (nSPS) is 19.2. The fourth-order valence-electron chi connectivity index (χ4n) is 12.4. The summed E-state index contributed by atoms with van der Waals surface area (Å²) in [4.78, 5) is 3.46. The molecule has 6 nitrogen and oxygen atoms in total. The topological polar surface area (TPSA) is 31.4 Å². The van der Waals surface area contributed by atoms with Gasteiger partial charge in [0.2, 0.25) is 0 Å². The predicted octanol–water partition coefficient (Wildman–Crippen LogP) is 16.9. The number of benzene rings is 14. The molecule has 4 heterocycles. The van der Waals surface area contributed by atoms with Gasteiger partial charge in [0.15, 0.2) is 0 Å². The van der Waals surface area contributed by atoms with Gasteiger partial charge < -0.3 is 29.1 Å². The van der Waals surface area contributed by atoms with Gasteiger partial charge in [-0.25, -0.2) is 0 Å². The first-order valence-corrected chi connectivity index (χ1v) is 26.4. The molecule has 4 aliphatic heterocycles. The van der Waals surface area contributed by atoms with Crippen LogP contribution in [0.1, 0.15) is 52.1 Å². The number of anilines is 12. The largest absolute Gasteiger partial charge is 0.458 e. The second kappa shape index (κ2) is 19.2. The average molecular weight is 1140 g/mol. The number of rotatable bonds is 8. The monoisotopic (exact) mass is 1130 g/mol. The molecule has 0 bridgehead atoms. The SMILES string of the molecule is [2H]c1c([2H])c([2H])c(N(c2cc3c4c(c2)N(c2c([2H])c([2H])c([2H])c([2H])c2[2H])c2c([2H])c([2H])c([2H])c([2H])c2B4c2cc4c5ccccc5c5cc6c(cc5c4cc2O3)Oc2cc(N(c3c([2H])c([2H])c([2H])c([2H])c3[2H])c3c([2H])c([2H])c([2H])c([2H])c3[2H])cc3c2B6c2c([2H])c([2H])c([2H])c([2H])c2N3c2c([2H])c([2H])c([2H])c([2H])c2[2H])c2c([2H])c([2H])c([2H])c([2H])c2[2H])c([2H])c1[2H]. The van der Waals surface area contributed by atoms with Crippen molar-refractivity contribution in [1.82, 2.24) is 0 Å². The lowest BCUT2D eigenvalue weighted by atomic mass is 9.34. The molecule has 0 atom stereocenters. The van der Waals surface area contributed by atoms with Gasteiger partial charge in [0.25, 0.3) is 13.4 Å². The summed E-state index contributed by atoms with van der Waals surface area (Å²) in [7, 11) is 0. The lowest BCUT2D eigenvalue weighted by molar-refractivity contribution is 0.487. The minimum atomic E-state index is -1.52. The minimum absolute atomic E-state index is 0.0837. The van der Waals surface area contributed by atoms with Gasteiger partial charge in [-0.2, -0.15) is 0 Å². The maximum absolute atomic E-state index is 10.0. The third-order valence-electron chi connectivity index (χ3n) is 15.6. The van der Waals surface area contributed by atoms with E-state index >= 15 is 0 Å². The van der Waals surface area contributed by atoms with Crippen molar-refractivity contribution in [3.63, 3.8) is 0 Å². The molecule has 400 valence electrons. The molecule has 0 aliphatic carbocycles. The van der Waals surface area contributed by atoms with Crippen LogP contribution in [0.5, 0.6) is 23.0 Å². The molecule has 0 fully saturated rings. The Labute approximate surface area is 552 Å². The van der Waals surface area contributed by atoms with Crippen LogP contribution in [-0.4, -0.2) is 13.4 Å². The zero-order chi connectivity index (χ0) is 89.5. The van der Waals surface area contributed by atoms with Gasteiger partial charge in [-0.15, -0.1) is 0 Å². The van der Waals surface area contributed by atoms with Crippen molar-refractivity contribution in [3.8, 4) is 23.0 Å². The highest BCUT2D eigenvalue weighted by molar-refractivity contribution is 7.00. The standard InChI is InChI=1S/C78H50B2N4O2/c1-7-25-51(26-8-1)81(52-27-9-2-10-28-52)57-43-71-77-75(45-57)85-73-49-63-61(47-67(73)79(77)65-39-21-23-41-69(65)83(71)55-33-15-5-16-34-55)59-37-19-20-38-60(59)62-48-68-74(50-64(62)63)86-76-46-58(82(53-29-11-3-12-30-53)54-31-13-4-14-32-54)44-72-78(76)80(68)66-40-22-24-42-70(66)84(72)56-35-17-6-18-36-56/h1-50H/i1D,2D,3D,4D,5D,6D,7D,8D,9D,10D,11D,12D,13D,14D,15D,16D,17D,18D,21D,22D,23D,24D,25D,26D,27D,28D,29D,30D,31D,32D,33D,34D,35D,36D,39D,40D,41D,42D. The van der Waals surface area contributed by atoms with Crippen LogP contribution in [0.15, 0.2) is 302 Å². The smallest absolute Gasteiger partial charge is 0.256 e. The Kier molecular flexibility index (Phi) is 5.39. The minimum Gasteiger partial charge on any atom is -0.458 e. The number of para-hydroxylation sites is 8. The molecule has 86 heavy (non-hydrogen) atoms. The van der Waals surface area contributed by atoms with Crippen molar-refractivity contribution < 1.29 is 61.6 Å². The van der Waals surface area contributed by atoms with Crippen molar-refractivity contribution in [2.45, 2.75) is 0 Å². The maximum Gasteiger partial charge on any atom is 0.256 e. The van der Waals surface area contributed by atoms with Crippen molar-refractivity contribution in [2.75, 3.05) is 19.6 Å². The van der Waals surface area contributed by atoms with Gasteiger partial charge in [-0.1, -0.05) is 181 Å². The van der Waals surface area contributed by atoms with E-state index < -0.39 is 300 Å². The molecule has 0 amide bonds. The number of nitrogens with zero attached hydrogens (tertiary/aromatic N) is 4. The molecule has 14 aromatic carbocycles.